The molecular weight excluding hydrogens is 540 g/mol. The molecule has 45 heavy (non-hydrogen) atoms. The van der Waals surface area contributed by atoms with Crippen LogP contribution in [0.5, 0.6) is 0 Å². The van der Waals surface area contributed by atoms with Gasteiger partial charge in [-0.15, -0.1) is 0 Å². The lowest BCUT2D eigenvalue weighted by atomic mass is 9.82. The van der Waals surface area contributed by atoms with Crippen molar-refractivity contribution in [2.45, 2.75) is 19.3 Å². The predicted molar refractivity (Wildman–Crippen MR) is 193 cm³/mol. The van der Waals surface area contributed by atoms with Gasteiger partial charge in [-0.3, -0.25) is 0 Å². The van der Waals surface area contributed by atoms with Gasteiger partial charge in [0.2, 0.25) is 0 Å². The normalized spacial score (nSPS) is 13.3. The summed E-state index contributed by atoms with van der Waals surface area (Å²) in [6.45, 7) is 4.71. The van der Waals surface area contributed by atoms with Gasteiger partial charge in [0.15, 0.2) is 0 Å². The van der Waals surface area contributed by atoms with Crippen molar-refractivity contribution < 1.29 is 0 Å². The van der Waals surface area contributed by atoms with Crippen molar-refractivity contribution in [1.29, 1.82) is 0 Å². The van der Waals surface area contributed by atoms with Gasteiger partial charge in [0.1, 0.15) is 0 Å². The zero-order valence-corrected chi connectivity index (χ0v) is 25.5. The van der Waals surface area contributed by atoms with E-state index in [0.29, 0.717) is 0 Å². The number of benzene rings is 8. The molecule has 0 spiro atoms. The molecule has 0 fully saturated rings. The first-order chi connectivity index (χ1) is 22.1. The predicted octanol–water partition coefficient (Wildman–Crippen LogP) is 12.5. The van der Waals surface area contributed by atoms with Gasteiger partial charge in [-0.2, -0.15) is 0 Å². The summed E-state index contributed by atoms with van der Waals surface area (Å²) in [4.78, 5) is 0. The Morgan fingerprint density at radius 2 is 0.844 bits per heavy atom. The van der Waals surface area contributed by atoms with Crippen molar-refractivity contribution in [2.75, 3.05) is 0 Å². The highest BCUT2D eigenvalue weighted by atomic mass is 14.4. The molecule has 0 atom stereocenters. The second-order valence-corrected chi connectivity index (χ2v) is 12.9. The molecule has 9 rings (SSSR count). The fourth-order valence-electron chi connectivity index (χ4n) is 7.93. The Morgan fingerprint density at radius 3 is 1.56 bits per heavy atom. The van der Waals surface area contributed by atoms with Crippen molar-refractivity contribution in [3.63, 3.8) is 0 Å². The Labute approximate surface area is 264 Å². The smallest absolute Gasteiger partial charge is 0.0159 e. The molecule has 0 N–H and O–H groups in total. The SMILES string of the molecule is CC1(C)c2ccccc2-c2c(-c3cccc(-c4c5ccccc5c(-c5ccc6ccccc6c5)c5ccccc45)c3)cccc21. The lowest BCUT2D eigenvalue weighted by Crippen LogP contribution is -2.14. The Hall–Kier alpha value is -5.46. The molecule has 0 amide bonds. The molecule has 0 nitrogen and oxygen atoms in total. The first-order valence-corrected chi connectivity index (χ1v) is 15.9. The van der Waals surface area contributed by atoms with Crippen molar-refractivity contribution in [2.24, 2.45) is 0 Å². The second-order valence-electron chi connectivity index (χ2n) is 12.9. The Balaban J connectivity index is 1.30. The molecule has 212 valence electrons. The van der Waals surface area contributed by atoms with Crippen LogP contribution in [0.25, 0.3) is 76.8 Å². The quantitative estimate of drug-likeness (QED) is 0.185. The van der Waals surface area contributed by atoms with Crippen molar-refractivity contribution in [3.05, 3.63) is 169 Å². The number of rotatable bonds is 3. The summed E-state index contributed by atoms with van der Waals surface area (Å²) < 4.78 is 0. The summed E-state index contributed by atoms with van der Waals surface area (Å²) >= 11 is 0. The lowest BCUT2D eigenvalue weighted by Gasteiger charge is -2.21. The summed E-state index contributed by atoms with van der Waals surface area (Å²) in [7, 11) is 0. The number of hydrogen-bond donors (Lipinski definition) is 0. The van der Waals surface area contributed by atoms with Crippen LogP contribution in [-0.2, 0) is 5.41 Å². The van der Waals surface area contributed by atoms with E-state index in [2.05, 4.69) is 172 Å². The third-order valence-electron chi connectivity index (χ3n) is 10.0. The summed E-state index contributed by atoms with van der Waals surface area (Å²) in [5, 5.41) is 7.65. The summed E-state index contributed by atoms with van der Waals surface area (Å²) in [5.41, 5.74) is 13.2. The van der Waals surface area contributed by atoms with E-state index in [4.69, 9.17) is 0 Å². The molecule has 0 bridgehead atoms. The second kappa shape index (κ2) is 9.78. The van der Waals surface area contributed by atoms with Gasteiger partial charge in [0.05, 0.1) is 0 Å². The van der Waals surface area contributed by atoms with Crippen molar-refractivity contribution in [3.8, 4) is 44.5 Å². The van der Waals surface area contributed by atoms with Gasteiger partial charge in [-0.05, 0) is 100 Å². The Kier molecular flexibility index (Phi) is 5.64. The molecule has 0 heterocycles. The molecule has 0 saturated heterocycles. The molecule has 0 heteroatoms. The number of fused-ring (bicyclic) bond motifs is 6. The van der Waals surface area contributed by atoms with Gasteiger partial charge < -0.3 is 0 Å². The average Bonchev–Trinajstić information content (AvgIpc) is 3.33. The number of hydrogen-bond acceptors (Lipinski definition) is 0. The molecule has 0 unspecified atom stereocenters. The Bertz CT molecular complexity index is 2400. The molecule has 8 aromatic rings. The van der Waals surface area contributed by atoms with Crippen molar-refractivity contribution in [1.82, 2.24) is 0 Å². The minimum absolute atomic E-state index is 0.0233. The van der Waals surface area contributed by atoms with Crippen LogP contribution in [-0.4, -0.2) is 0 Å². The van der Waals surface area contributed by atoms with E-state index in [-0.39, 0.29) is 5.41 Å². The van der Waals surface area contributed by atoms with Crippen LogP contribution in [0.1, 0.15) is 25.0 Å². The highest BCUT2D eigenvalue weighted by Gasteiger charge is 2.36. The van der Waals surface area contributed by atoms with E-state index >= 15 is 0 Å². The topological polar surface area (TPSA) is 0 Å². The fourth-order valence-corrected chi connectivity index (χ4v) is 7.93. The highest BCUT2D eigenvalue weighted by Crippen LogP contribution is 2.52. The monoisotopic (exact) mass is 572 g/mol. The van der Waals surface area contributed by atoms with Crippen LogP contribution in [0.15, 0.2) is 158 Å². The van der Waals surface area contributed by atoms with Crippen LogP contribution >= 0.6 is 0 Å². The molecule has 0 aliphatic heterocycles. The fraction of sp³-hybridized carbons (Fsp3) is 0.0667. The first kappa shape index (κ1) is 26.0. The molecular formula is C45H32. The zero-order valence-electron chi connectivity index (χ0n) is 25.5. The van der Waals surface area contributed by atoms with Gasteiger partial charge in [-0.25, -0.2) is 0 Å². The van der Waals surface area contributed by atoms with E-state index in [1.807, 2.05) is 0 Å². The van der Waals surface area contributed by atoms with Crippen LogP contribution in [0.3, 0.4) is 0 Å². The molecule has 0 radical (unpaired) electrons. The van der Waals surface area contributed by atoms with Gasteiger partial charge >= 0.3 is 0 Å². The van der Waals surface area contributed by atoms with Crippen LogP contribution in [0.4, 0.5) is 0 Å². The van der Waals surface area contributed by atoms with Crippen LogP contribution in [0, 0.1) is 0 Å². The molecule has 1 aliphatic rings. The van der Waals surface area contributed by atoms with Crippen molar-refractivity contribution >= 4 is 32.3 Å². The Morgan fingerprint density at radius 1 is 0.333 bits per heavy atom. The standard InChI is InChI=1S/C45H32/c1-45(2)40-23-10-9-21-39(40)44-34(22-12-24-41(44)45)31-15-11-16-32(28-31)42-35-17-5-7-19-37(35)43(38-20-8-6-18-36(38)42)33-26-25-29-13-3-4-14-30(29)27-33/h3-28H,1-2H3. The minimum atomic E-state index is -0.0233. The largest absolute Gasteiger partial charge is 0.0619 e. The third-order valence-corrected chi connectivity index (χ3v) is 10.0. The highest BCUT2D eigenvalue weighted by molar-refractivity contribution is 6.21. The average molecular weight is 573 g/mol. The maximum Gasteiger partial charge on any atom is 0.0159 e. The van der Waals surface area contributed by atoms with Gasteiger partial charge in [0.25, 0.3) is 0 Å². The van der Waals surface area contributed by atoms with E-state index in [1.165, 1.54) is 88.0 Å². The van der Waals surface area contributed by atoms with Gasteiger partial charge in [0, 0.05) is 5.41 Å². The molecule has 8 aromatic carbocycles. The zero-order chi connectivity index (χ0) is 30.1. The maximum absolute atomic E-state index is 2.41. The summed E-state index contributed by atoms with van der Waals surface area (Å²) in [5.74, 6) is 0. The minimum Gasteiger partial charge on any atom is -0.0619 e. The maximum atomic E-state index is 2.41. The molecule has 0 saturated carbocycles. The van der Waals surface area contributed by atoms with Crippen LogP contribution in [0.2, 0.25) is 0 Å². The lowest BCUT2D eigenvalue weighted by molar-refractivity contribution is 0.660. The third kappa shape index (κ3) is 3.85. The molecule has 1 aliphatic carbocycles. The van der Waals surface area contributed by atoms with E-state index in [1.54, 1.807) is 0 Å². The summed E-state index contributed by atoms with van der Waals surface area (Å²) in [6, 6.07) is 58.4. The van der Waals surface area contributed by atoms with E-state index in [9.17, 15) is 0 Å². The molecule has 0 aromatic heterocycles. The summed E-state index contributed by atoms with van der Waals surface area (Å²) in [6.07, 6.45) is 0. The van der Waals surface area contributed by atoms with E-state index in [0.717, 1.165) is 0 Å². The van der Waals surface area contributed by atoms with Crippen LogP contribution < -0.4 is 0 Å². The van der Waals surface area contributed by atoms with E-state index < -0.39 is 0 Å². The van der Waals surface area contributed by atoms with Gasteiger partial charge in [-0.1, -0.05) is 159 Å². The first-order valence-electron chi connectivity index (χ1n) is 15.9.